The van der Waals surface area contributed by atoms with Gasteiger partial charge in [0.25, 0.3) is 0 Å². The summed E-state index contributed by atoms with van der Waals surface area (Å²) in [5.41, 5.74) is 0. The molecule has 0 aromatic heterocycles. The molecule has 0 aromatic rings. The maximum atomic E-state index is 11.7. The van der Waals surface area contributed by atoms with Crippen molar-refractivity contribution in [2.45, 2.75) is 56.1 Å². The summed E-state index contributed by atoms with van der Waals surface area (Å²) in [5.74, 6) is 1.59. The van der Waals surface area contributed by atoms with Crippen molar-refractivity contribution in [3.63, 3.8) is 0 Å². The van der Waals surface area contributed by atoms with Crippen LogP contribution in [0, 0.1) is 5.92 Å². The van der Waals surface area contributed by atoms with Gasteiger partial charge in [-0.05, 0) is 37.5 Å². The molecule has 3 nitrogen and oxygen atoms in total. The van der Waals surface area contributed by atoms with Gasteiger partial charge in [0.05, 0.1) is 5.25 Å². The van der Waals surface area contributed by atoms with Gasteiger partial charge in [-0.15, -0.1) is 0 Å². The Labute approximate surface area is 116 Å². The zero-order valence-electron chi connectivity index (χ0n) is 12.0. The highest BCUT2D eigenvalue weighted by Gasteiger charge is 2.32. The largest absolute Gasteiger partial charge is 0.316 e. The van der Waals surface area contributed by atoms with Gasteiger partial charge in [0.2, 0.25) is 0 Å². The predicted molar refractivity (Wildman–Crippen MR) is 81.0 cm³/mol. The highest BCUT2D eigenvalue weighted by Crippen LogP contribution is 2.32. The monoisotopic (exact) mass is 293 g/mol. The lowest BCUT2D eigenvalue weighted by atomic mass is 9.84. The van der Waals surface area contributed by atoms with Crippen LogP contribution in [0.25, 0.3) is 0 Å². The van der Waals surface area contributed by atoms with Gasteiger partial charge in [0.1, 0.15) is 9.84 Å². The van der Waals surface area contributed by atoms with Crippen LogP contribution < -0.4 is 5.32 Å². The molecule has 0 aliphatic heterocycles. The molecule has 1 aliphatic carbocycles. The lowest BCUT2D eigenvalue weighted by Crippen LogP contribution is -2.41. The van der Waals surface area contributed by atoms with Crippen molar-refractivity contribution in [3.05, 3.63) is 0 Å². The van der Waals surface area contributed by atoms with E-state index in [1.807, 2.05) is 18.8 Å². The predicted octanol–water partition coefficient (Wildman–Crippen LogP) is 2.32. The van der Waals surface area contributed by atoms with Gasteiger partial charge in [-0.1, -0.05) is 20.3 Å². The lowest BCUT2D eigenvalue weighted by Gasteiger charge is -2.34. The van der Waals surface area contributed by atoms with E-state index < -0.39 is 9.84 Å². The maximum Gasteiger partial charge on any atom is 0.150 e. The molecular formula is C13H27NO2S2. The second kappa shape index (κ2) is 7.15. The summed E-state index contributed by atoms with van der Waals surface area (Å²) >= 11 is 1.95. The zero-order chi connectivity index (χ0) is 13.8. The van der Waals surface area contributed by atoms with Crippen LogP contribution in [-0.2, 0) is 9.84 Å². The number of sulfone groups is 1. The molecule has 18 heavy (non-hydrogen) atoms. The third-order valence-electron chi connectivity index (χ3n) is 3.82. The molecule has 0 heterocycles. The average molecular weight is 293 g/mol. The van der Waals surface area contributed by atoms with Crippen LogP contribution >= 0.6 is 11.8 Å². The van der Waals surface area contributed by atoms with E-state index in [4.69, 9.17) is 0 Å². The zero-order valence-corrected chi connectivity index (χ0v) is 13.6. The highest BCUT2D eigenvalue weighted by atomic mass is 32.2. The minimum atomic E-state index is -2.87. The first-order valence-corrected chi connectivity index (χ1v) is 9.82. The number of rotatable bonds is 6. The van der Waals surface area contributed by atoms with Crippen LogP contribution in [0.3, 0.4) is 0 Å². The number of hydrogen-bond donors (Lipinski definition) is 1. The van der Waals surface area contributed by atoms with Crippen molar-refractivity contribution >= 4 is 21.6 Å². The van der Waals surface area contributed by atoms with Crippen molar-refractivity contribution in [3.8, 4) is 0 Å². The molecule has 0 amide bonds. The fraction of sp³-hybridized carbons (Fsp3) is 1.00. The van der Waals surface area contributed by atoms with Crippen molar-refractivity contribution in [2.75, 3.05) is 19.1 Å². The first-order chi connectivity index (χ1) is 8.34. The molecule has 3 unspecified atom stereocenters. The SMILES string of the molecule is CNC(CSC(C)C)C1CCCC(S(C)(=O)=O)C1. The molecule has 0 bridgehead atoms. The summed E-state index contributed by atoms with van der Waals surface area (Å²) in [7, 11) is -0.871. The number of nitrogens with one attached hydrogen (secondary N) is 1. The molecule has 1 fully saturated rings. The van der Waals surface area contributed by atoms with E-state index in [1.165, 1.54) is 6.26 Å². The smallest absolute Gasteiger partial charge is 0.150 e. The summed E-state index contributed by atoms with van der Waals surface area (Å²) in [6, 6.07) is 0.446. The topological polar surface area (TPSA) is 46.2 Å². The van der Waals surface area contributed by atoms with E-state index >= 15 is 0 Å². The van der Waals surface area contributed by atoms with Gasteiger partial charge in [-0.2, -0.15) is 11.8 Å². The average Bonchev–Trinajstić information content (AvgIpc) is 2.29. The standard InChI is InChI=1S/C13H27NO2S2/c1-10(2)17-9-13(14-3)11-6-5-7-12(8-11)18(4,15)16/h10-14H,5-9H2,1-4H3. The molecule has 0 spiro atoms. The van der Waals surface area contributed by atoms with Gasteiger partial charge in [-0.25, -0.2) is 8.42 Å². The summed E-state index contributed by atoms with van der Waals surface area (Å²) in [4.78, 5) is 0. The molecule has 0 saturated heterocycles. The minimum absolute atomic E-state index is 0.115. The Morgan fingerprint density at radius 2 is 2.00 bits per heavy atom. The Morgan fingerprint density at radius 1 is 1.33 bits per heavy atom. The molecule has 108 valence electrons. The van der Waals surface area contributed by atoms with E-state index in [0.717, 1.165) is 31.4 Å². The second-order valence-corrected chi connectivity index (χ2v) is 9.59. The maximum absolute atomic E-state index is 11.7. The van der Waals surface area contributed by atoms with Crippen molar-refractivity contribution in [2.24, 2.45) is 5.92 Å². The quantitative estimate of drug-likeness (QED) is 0.816. The summed E-state index contributed by atoms with van der Waals surface area (Å²) in [6.07, 6.45) is 5.28. The molecule has 1 saturated carbocycles. The molecule has 0 aromatic carbocycles. The van der Waals surface area contributed by atoms with E-state index in [1.54, 1.807) is 0 Å². The van der Waals surface area contributed by atoms with E-state index in [2.05, 4.69) is 19.2 Å². The van der Waals surface area contributed by atoms with Gasteiger partial charge < -0.3 is 5.32 Å². The first kappa shape index (κ1) is 16.3. The minimum Gasteiger partial charge on any atom is -0.316 e. The summed E-state index contributed by atoms with van der Waals surface area (Å²) in [5, 5.41) is 3.90. The van der Waals surface area contributed by atoms with Gasteiger partial charge in [-0.3, -0.25) is 0 Å². The Bertz CT molecular complexity index is 341. The third-order valence-corrected chi connectivity index (χ3v) is 6.68. The lowest BCUT2D eigenvalue weighted by molar-refractivity contribution is 0.295. The van der Waals surface area contributed by atoms with E-state index in [9.17, 15) is 8.42 Å². The third kappa shape index (κ3) is 5.10. The second-order valence-electron chi connectivity index (χ2n) is 5.66. The number of hydrogen-bond acceptors (Lipinski definition) is 4. The Balaban J connectivity index is 2.58. The normalized spacial score (nSPS) is 27.4. The molecule has 5 heteroatoms. The fourth-order valence-corrected chi connectivity index (χ4v) is 4.91. The molecule has 1 aliphatic rings. The summed E-state index contributed by atoms with van der Waals surface area (Å²) < 4.78 is 23.4. The molecule has 0 radical (unpaired) electrons. The van der Waals surface area contributed by atoms with E-state index in [0.29, 0.717) is 17.2 Å². The van der Waals surface area contributed by atoms with Crippen molar-refractivity contribution < 1.29 is 8.42 Å². The Kier molecular flexibility index (Phi) is 6.48. The first-order valence-electron chi connectivity index (χ1n) is 6.82. The van der Waals surface area contributed by atoms with Gasteiger partial charge in [0.15, 0.2) is 0 Å². The molecule has 1 rings (SSSR count). The summed E-state index contributed by atoms with van der Waals surface area (Å²) in [6.45, 7) is 4.41. The molecule has 3 atom stereocenters. The van der Waals surface area contributed by atoms with E-state index in [-0.39, 0.29) is 5.25 Å². The van der Waals surface area contributed by atoms with Gasteiger partial charge in [0, 0.05) is 18.1 Å². The Morgan fingerprint density at radius 3 is 2.50 bits per heavy atom. The van der Waals surface area contributed by atoms with Gasteiger partial charge >= 0.3 is 0 Å². The van der Waals surface area contributed by atoms with Crippen LogP contribution in [0.4, 0.5) is 0 Å². The Hall–Kier alpha value is 0.260. The highest BCUT2D eigenvalue weighted by molar-refractivity contribution is 7.99. The fourth-order valence-electron chi connectivity index (χ4n) is 2.69. The van der Waals surface area contributed by atoms with Crippen molar-refractivity contribution in [1.82, 2.24) is 5.32 Å². The number of thioether (sulfide) groups is 1. The molecule has 1 N–H and O–H groups in total. The van der Waals surface area contributed by atoms with Crippen LogP contribution in [0.1, 0.15) is 39.5 Å². The molecular weight excluding hydrogens is 266 g/mol. The van der Waals surface area contributed by atoms with Crippen LogP contribution in [0.5, 0.6) is 0 Å². The van der Waals surface area contributed by atoms with Crippen LogP contribution in [0.15, 0.2) is 0 Å². The van der Waals surface area contributed by atoms with Crippen LogP contribution in [0.2, 0.25) is 0 Å². The van der Waals surface area contributed by atoms with Crippen molar-refractivity contribution in [1.29, 1.82) is 0 Å². The van der Waals surface area contributed by atoms with Crippen LogP contribution in [-0.4, -0.2) is 44.0 Å².